The van der Waals surface area contributed by atoms with Gasteiger partial charge in [0.05, 0.1) is 43.4 Å². The highest BCUT2D eigenvalue weighted by molar-refractivity contribution is 7.09. The molecule has 4 aliphatic rings. The Morgan fingerprint density at radius 3 is 2.18 bits per heavy atom. The average molecular weight is 1030 g/mol. The van der Waals surface area contributed by atoms with E-state index >= 15 is 0 Å². The van der Waals surface area contributed by atoms with Crippen LogP contribution in [0.15, 0.2) is 41.8 Å². The number of hydrogen-bond acceptors (Lipinski definition) is 13. The highest BCUT2D eigenvalue weighted by atomic mass is 32.1. The van der Waals surface area contributed by atoms with E-state index < -0.39 is 24.3 Å². The second-order valence-corrected chi connectivity index (χ2v) is 18.5. The van der Waals surface area contributed by atoms with Crippen LogP contribution >= 0.6 is 11.3 Å². The van der Waals surface area contributed by atoms with Gasteiger partial charge in [0, 0.05) is 50.7 Å². The maximum Gasteiger partial charge on any atom is 0.490 e. The zero-order valence-corrected chi connectivity index (χ0v) is 40.1. The van der Waals surface area contributed by atoms with Gasteiger partial charge in [0.15, 0.2) is 12.4 Å². The minimum absolute atomic E-state index is 0.00374. The molecule has 1 spiro atoms. The van der Waals surface area contributed by atoms with Gasteiger partial charge < -0.3 is 50.0 Å². The Hall–Kier alpha value is -5.56. The molecule has 0 bridgehead atoms. The van der Waals surface area contributed by atoms with Crippen LogP contribution in [-0.2, 0) is 48.0 Å². The monoisotopic (exact) mass is 1030 g/mol. The number of benzene rings is 2. The lowest BCUT2D eigenvalue weighted by molar-refractivity contribution is -0.193. The first kappa shape index (κ1) is 56.4. The maximum absolute atomic E-state index is 13.5. The molecular formula is C47H60F6N6O11S. The van der Waals surface area contributed by atoms with E-state index in [1.807, 2.05) is 23.3 Å². The Balaban J connectivity index is 0.000000586. The molecule has 17 nitrogen and oxygen atoms in total. The summed E-state index contributed by atoms with van der Waals surface area (Å²) in [6, 6.07) is 12.5. The molecule has 2 aromatic carbocycles. The van der Waals surface area contributed by atoms with E-state index in [1.165, 1.54) is 28.9 Å². The summed E-state index contributed by atoms with van der Waals surface area (Å²) in [7, 11) is 0. The lowest BCUT2D eigenvalue weighted by atomic mass is 9.89. The first-order chi connectivity index (χ1) is 33.6. The summed E-state index contributed by atoms with van der Waals surface area (Å²) in [6.07, 6.45) is -0.874. The fourth-order valence-corrected chi connectivity index (χ4v) is 9.18. The van der Waals surface area contributed by atoms with Gasteiger partial charge in [-0.15, -0.1) is 11.3 Å². The molecule has 0 atom stereocenters. The number of aromatic hydroxyl groups is 1. The van der Waals surface area contributed by atoms with Gasteiger partial charge in [-0.2, -0.15) is 26.3 Å². The second kappa shape index (κ2) is 26.2. The van der Waals surface area contributed by atoms with Crippen molar-refractivity contribution in [2.24, 2.45) is 0 Å². The summed E-state index contributed by atoms with van der Waals surface area (Å²) >= 11 is 1.51. The first-order valence-corrected chi connectivity index (χ1v) is 24.1. The normalized spacial score (nSPS) is 17.1. The number of amides is 3. The average Bonchev–Trinajstić information content (AvgIpc) is 3.78. The summed E-state index contributed by atoms with van der Waals surface area (Å²) in [6.45, 7) is 9.42. The van der Waals surface area contributed by atoms with Crippen molar-refractivity contribution in [1.29, 1.82) is 0 Å². The predicted octanol–water partition coefficient (Wildman–Crippen LogP) is 6.20. The molecular weight excluding hydrogens is 971 g/mol. The molecule has 5 N–H and O–H groups in total. The molecule has 1 aromatic heterocycles. The number of hydrogen-bond donors (Lipinski definition) is 5. The number of carbonyl (C=O) groups excluding carboxylic acids is 3. The van der Waals surface area contributed by atoms with E-state index in [0.717, 1.165) is 75.2 Å². The largest absolute Gasteiger partial charge is 0.506 e. The molecule has 0 unspecified atom stereocenters. The third kappa shape index (κ3) is 17.6. The number of piperidine rings is 1. The number of nitrogens with one attached hydrogen (secondary N) is 2. The lowest BCUT2D eigenvalue weighted by Gasteiger charge is -2.47. The van der Waals surface area contributed by atoms with Gasteiger partial charge in [0.2, 0.25) is 5.91 Å². The number of carbonyl (C=O) groups is 5. The van der Waals surface area contributed by atoms with Crippen molar-refractivity contribution in [2.45, 2.75) is 102 Å². The van der Waals surface area contributed by atoms with Crippen molar-refractivity contribution < 1.29 is 79.8 Å². The van der Waals surface area contributed by atoms with E-state index in [1.54, 1.807) is 6.07 Å². The number of nitrogens with zero attached hydrogens (tertiary/aromatic N) is 4. The third-order valence-corrected chi connectivity index (χ3v) is 13.1. The van der Waals surface area contributed by atoms with Crippen LogP contribution in [0.4, 0.5) is 32.0 Å². The van der Waals surface area contributed by atoms with Gasteiger partial charge >= 0.3 is 24.3 Å². The van der Waals surface area contributed by atoms with Crippen molar-refractivity contribution in [3.63, 3.8) is 0 Å². The van der Waals surface area contributed by atoms with E-state index in [2.05, 4.69) is 49.7 Å². The topological polar surface area (TPSA) is 220 Å². The standard InChI is InChI=1S/C43H58N6O7S.2C2HF3O2/c1-31-45-36(29-57-31)42(53)48-23-26-56-43(30-48)16-20-47(21-17-43)27-33-9-7-32(8-10-33)14-24-54-25-15-39(52)49(35-5-3-2-4-6-35)22-19-44-18-13-34-11-12-37(50)40-41(34)55-28-38(51)46-40;2*3-2(4,5)1(6)7/h7-12,29,35,44,50H,2-6,13-28,30H2,1H3,(H,46,51);2*(H,6,7). The van der Waals surface area contributed by atoms with Crippen molar-refractivity contribution in [1.82, 2.24) is 25.0 Å². The Morgan fingerprint density at radius 1 is 0.915 bits per heavy atom. The molecule has 3 amide bonds. The summed E-state index contributed by atoms with van der Waals surface area (Å²) in [5.74, 6) is -5.11. The van der Waals surface area contributed by atoms with Gasteiger partial charge in [-0.25, -0.2) is 14.6 Å². The predicted molar refractivity (Wildman–Crippen MR) is 246 cm³/mol. The van der Waals surface area contributed by atoms with Crippen LogP contribution in [-0.4, -0.2) is 161 Å². The number of phenolic OH excluding ortho intramolecular Hbond substituents is 1. The number of thiazole rings is 1. The number of aliphatic carboxylic acids is 2. The number of likely N-dealkylation sites (tertiary alicyclic amines) is 1. The van der Waals surface area contributed by atoms with Crippen molar-refractivity contribution in [3.8, 4) is 11.5 Å². The second-order valence-electron chi connectivity index (χ2n) is 17.5. The van der Waals surface area contributed by atoms with E-state index in [-0.39, 0.29) is 41.7 Å². The number of ether oxygens (including phenoxy) is 3. The van der Waals surface area contributed by atoms with E-state index in [4.69, 9.17) is 34.0 Å². The van der Waals surface area contributed by atoms with Gasteiger partial charge in [-0.1, -0.05) is 49.6 Å². The molecule has 24 heteroatoms. The molecule has 1 aliphatic carbocycles. The highest BCUT2D eigenvalue weighted by Gasteiger charge is 2.42. The van der Waals surface area contributed by atoms with Crippen LogP contribution in [0.5, 0.6) is 11.5 Å². The molecule has 3 fully saturated rings. The number of aromatic nitrogens is 1. The maximum atomic E-state index is 13.5. The molecule has 4 heterocycles. The molecule has 7 rings (SSSR count). The van der Waals surface area contributed by atoms with E-state index in [0.29, 0.717) is 82.5 Å². The zero-order chi connectivity index (χ0) is 51.8. The molecule has 2 saturated heterocycles. The van der Waals surface area contributed by atoms with Crippen molar-refractivity contribution in [3.05, 3.63) is 69.2 Å². The number of morpholine rings is 1. The fraction of sp³-hybridized carbons (Fsp3) is 0.574. The van der Waals surface area contributed by atoms with Crippen LogP contribution in [0.3, 0.4) is 0 Å². The summed E-state index contributed by atoms with van der Waals surface area (Å²) in [5, 5.41) is 33.3. The van der Waals surface area contributed by atoms with Gasteiger partial charge in [0.1, 0.15) is 17.1 Å². The molecule has 3 aromatic rings. The van der Waals surface area contributed by atoms with Crippen LogP contribution in [0.25, 0.3) is 0 Å². The first-order valence-electron chi connectivity index (χ1n) is 23.3. The summed E-state index contributed by atoms with van der Waals surface area (Å²) in [5.41, 5.74) is 4.02. The Morgan fingerprint density at radius 2 is 1.56 bits per heavy atom. The summed E-state index contributed by atoms with van der Waals surface area (Å²) in [4.78, 5) is 66.9. The number of carboxylic acids is 2. The Bertz CT molecular complexity index is 2230. The van der Waals surface area contributed by atoms with Crippen molar-refractivity contribution in [2.75, 3.05) is 77.6 Å². The minimum Gasteiger partial charge on any atom is -0.506 e. The Kier molecular flexibility index (Phi) is 20.8. The SMILES string of the molecule is Cc1nc(C(=O)N2CCOC3(CCN(Cc4ccc(CCOCCC(=O)N(CCNCCc5ccc(O)c6c5OCC(=O)N6)C5CCCCC5)cc4)CC3)C2)cs1.O=C(O)C(F)(F)F.O=C(O)C(F)(F)F. The number of fused-ring (bicyclic) bond motifs is 1. The number of carboxylic acid groups (broad SMARTS) is 2. The molecule has 392 valence electrons. The Labute approximate surface area is 410 Å². The number of halogens is 6. The van der Waals surface area contributed by atoms with Crippen LogP contribution in [0.2, 0.25) is 0 Å². The molecule has 1 saturated carbocycles. The third-order valence-electron chi connectivity index (χ3n) is 12.3. The van der Waals surface area contributed by atoms with Crippen LogP contribution in [0, 0.1) is 6.92 Å². The lowest BCUT2D eigenvalue weighted by Crippen LogP contribution is -2.58. The number of anilines is 1. The van der Waals surface area contributed by atoms with Crippen LogP contribution in [0.1, 0.15) is 83.6 Å². The van der Waals surface area contributed by atoms with Gasteiger partial charge in [-0.05, 0) is 74.8 Å². The van der Waals surface area contributed by atoms with Gasteiger partial charge in [-0.3, -0.25) is 19.3 Å². The number of rotatable bonds is 16. The van der Waals surface area contributed by atoms with Crippen molar-refractivity contribution >= 4 is 46.7 Å². The molecule has 71 heavy (non-hydrogen) atoms. The smallest absolute Gasteiger partial charge is 0.490 e. The highest BCUT2D eigenvalue weighted by Crippen LogP contribution is 2.39. The van der Waals surface area contributed by atoms with E-state index in [9.17, 15) is 45.8 Å². The number of alkyl halides is 6. The summed E-state index contributed by atoms with van der Waals surface area (Å²) < 4.78 is 81.4. The number of phenols is 1. The molecule has 0 radical (unpaired) electrons. The molecule has 3 aliphatic heterocycles. The van der Waals surface area contributed by atoms with Gasteiger partial charge in [0.25, 0.3) is 11.8 Å². The number of aryl methyl sites for hydroxylation is 1. The zero-order valence-electron chi connectivity index (χ0n) is 39.2. The fourth-order valence-electron chi connectivity index (χ4n) is 8.59. The quantitative estimate of drug-likeness (QED) is 0.0613. The minimum atomic E-state index is -5.08. The van der Waals surface area contributed by atoms with Crippen LogP contribution < -0.4 is 15.4 Å².